The van der Waals surface area contributed by atoms with Crippen molar-refractivity contribution in [2.45, 2.75) is 0 Å². The highest BCUT2D eigenvalue weighted by atomic mass is 19.5. The quantitative estimate of drug-likeness (QED) is 0.555. The van der Waals surface area contributed by atoms with E-state index in [9.17, 15) is 17.3 Å². The molecule has 0 aromatic carbocycles. The second kappa shape index (κ2) is 6.47. The number of hydrogen-bond donors (Lipinski definition) is 1. The monoisotopic (exact) mass is 211 g/mol. The highest BCUT2D eigenvalue weighted by Gasteiger charge is 2.20. The van der Waals surface area contributed by atoms with Crippen molar-refractivity contribution in [3.05, 3.63) is 24.4 Å². The van der Waals surface area contributed by atoms with Gasteiger partial charge in [0.15, 0.2) is 0 Å². The van der Waals surface area contributed by atoms with Crippen LogP contribution in [-0.4, -0.2) is 31.8 Å². The standard InChI is InChI=1S/C7H12N2.BF4/c8-4-7-9-5-2-1-3-6-9;2-1(3,4)5/h1-3,5H,4,6-8H2;/q;-1. The van der Waals surface area contributed by atoms with Crippen molar-refractivity contribution in [2.75, 3.05) is 19.6 Å². The van der Waals surface area contributed by atoms with Crippen LogP contribution in [0.15, 0.2) is 24.4 Å². The van der Waals surface area contributed by atoms with Gasteiger partial charge in [-0.25, -0.2) is 0 Å². The van der Waals surface area contributed by atoms with Gasteiger partial charge in [0, 0.05) is 19.6 Å². The Labute approximate surface area is 80.2 Å². The fraction of sp³-hybridized carbons (Fsp3) is 0.429. The molecule has 0 fully saturated rings. The van der Waals surface area contributed by atoms with Crippen molar-refractivity contribution in [3.8, 4) is 0 Å². The summed E-state index contributed by atoms with van der Waals surface area (Å²) in [5, 5.41) is 0. The van der Waals surface area contributed by atoms with Gasteiger partial charge in [0.05, 0.1) is 0 Å². The molecule has 0 saturated carbocycles. The molecule has 0 bridgehead atoms. The van der Waals surface area contributed by atoms with E-state index in [-0.39, 0.29) is 0 Å². The third-order valence-corrected chi connectivity index (χ3v) is 1.30. The van der Waals surface area contributed by atoms with Crippen molar-refractivity contribution in [2.24, 2.45) is 5.73 Å². The zero-order chi connectivity index (χ0) is 11.0. The molecule has 0 unspecified atom stereocenters. The van der Waals surface area contributed by atoms with E-state index in [1.807, 2.05) is 12.2 Å². The molecule has 1 heterocycles. The summed E-state index contributed by atoms with van der Waals surface area (Å²) in [5.41, 5.74) is 5.36. The lowest BCUT2D eigenvalue weighted by Crippen LogP contribution is -2.25. The molecule has 0 aromatic rings. The summed E-state index contributed by atoms with van der Waals surface area (Å²) in [6.45, 7) is 2.70. The van der Waals surface area contributed by atoms with Crippen LogP contribution in [0.25, 0.3) is 0 Å². The minimum atomic E-state index is -6.00. The predicted octanol–water partition coefficient (Wildman–Crippen LogP) is 1.63. The van der Waals surface area contributed by atoms with Gasteiger partial charge in [0.25, 0.3) is 0 Å². The Bertz CT molecular complexity index is 196. The molecule has 0 saturated heterocycles. The lowest BCUT2D eigenvalue weighted by Gasteiger charge is -2.18. The lowest BCUT2D eigenvalue weighted by atomic mass is 10.3. The zero-order valence-electron chi connectivity index (χ0n) is 7.54. The van der Waals surface area contributed by atoms with Gasteiger partial charge in [-0.15, -0.1) is 0 Å². The maximum atomic E-state index is 9.75. The molecule has 1 aliphatic rings. The van der Waals surface area contributed by atoms with Crippen LogP contribution >= 0.6 is 0 Å². The molecule has 1 rings (SSSR count). The maximum absolute atomic E-state index is 9.75. The summed E-state index contributed by atoms with van der Waals surface area (Å²) in [4.78, 5) is 2.18. The van der Waals surface area contributed by atoms with Crippen molar-refractivity contribution < 1.29 is 17.3 Å². The van der Waals surface area contributed by atoms with E-state index >= 15 is 0 Å². The zero-order valence-corrected chi connectivity index (χ0v) is 7.54. The Hall–Kier alpha value is -0.975. The Morgan fingerprint density at radius 2 is 1.79 bits per heavy atom. The van der Waals surface area contributed by atoms with E-state index in [0.717, 1.165) is 19.6 Å². The third kappa shape index (κ3) is 11.0. The van der Waals surface area contributed by atoms with Gasteiger partial charge >= 0.3 is 7.25 Å². The molecule has 2 N–H and O–H groups in total. The number of allylic oxidation sites excluding steroid dienone is 2. The molecule has 14 heavy (non-hydrogen) atoms. The van der Waals surface area contributed by atoms with Crippen LogP contribution in [-0.2, 0) is 0 Å². The Kier molecular flexibility index (Phi) is 6.02. The van der Waals surface area contributed by atoms with Gasteiger partial charge in [0.2, 0.25) is 0 Å². The molecule has 0 amide bonds. The first-order chi connectivity index (χ1) is 6.43. The molecular formula is C7H12BF4N2-. The van der Waals surface area contributed by atoms with E-state index in [1.165, 1.54) is 0 Å². The molecule has 0 radical (unpaired) electrons. The summed E-state index contributed by atoms with van der Waals surface area (Å²) in [6, 6.07) is 0. The largest absolute Gasteiger partial charge is 0.673 e. The second-order valence-corrected chi connectivity index (χ2v) is 2.55. The predicted molar refractivity (Wildman–Crippen MR) is 49.1 cm³/mol. The number of halogens is 4. The maximum Gasteiger partial charge on any atom is 0.673 e. The van der Waals surface area contributed by atoms with Crippen molar-refractivity contribution >= 4 is 7.25 Å². The summed E-state index contributed by atoms with van der Waals surface area (Å²) in [7, 11) is -6.00. The first kappa shape index (κ1) is 13.0. The van der Waals surface area contributed by atoms with Gasteiger partial charge in [-0.3, -0.25) is 0 Å². The van der Waals surface area contributed by atoms with Crippen LogP contribution in [0.3, 0.4) is 0 Å². The summed E-state index contributed by atoms with van der Waals surface area (Å²) < 4.78 is 39.0. The van der Waals surface area contributed by atoms with Gasteiger partial charge in [-0.2, -0.15) is 0 Å². The molecule has 1 aliphatic heterocycles. The minimum absolute atomic E-state index is 0.734. The molecule has 0 aliphatic carbocycles. The van der Waals surface area contributed by atoms with E-state index in [1.54, 1.807) is 0 Å². The number of nitrogens with two attached hydrogens (primary N) is 1. The number of hydrogen-bond acceptors (Lipinski definition) is 2. The third-order valence-electron chi connectivity index (χ3n) is 1.30. The van der Waals surface area contributed by atoms with Gasteiger partial charge < -0.3 is 27.9 Å². The topological polar surface area (TPSA) is 29.3 Å². The fourth-order valence-electron chi connectivity index (χ4n) is 0.839. The van der Waals surface area contributed by atoms with E-state index in [4.69, 9.17) is 5.73 Å². The highest BCUT2D eigenvalue weighted by Crippen LogP contribution is 2.06. The molecule has 0 aromatic heterocycles. The normalized spacial score (nSPS) is 15.1. The van der Waals surface area contributed by atoms with Crippen LogP contribution < -0.4 is 5.73 Å². The van der Waals surface area contributed by atoms with E-state index < -0.39 is 7.25 Å². The Morgan fingerprint density at radius 1 is 1.21 bits per heavy atom. The highest BCUT2D eigenvalue weighted by molar-refractivity contribution is 6.50. The van der Waals surface area contributed by atoms with E-state index in [0.29, 0.717) is 0 Å². The van der Waals surface area contributed by atoms with Crippen molar-refractivity contribution in [1.82, 2.24) is 4.90 Å². The first-order valence-corrected chi connectivity index (χ1v) is 4.08. The fourth-order valence-corrected chi connectivity index (χ4v) is 0.839. The van der Waals surface area contributed by atoms with Gasteiger partial charge in [-0.1, -0.05) is 12.2 Å². The smallest absolute Gasteiger partial charge is 0.418 e. The average molecular weight is 211 g/mol. The van der Waals surface area contributed by atoms with Crippen LogP contribution in [0.2, 0.25) is 0 Å². The molecule has 0 atom stereocenters. The SMILES string of the molecule is F[B-](F)(F)F.NCCN1C=CC=CC1. The summed E-state index contributed by atoms with van der Waals surface area (Å²) >= 11 is 0. The van der Waals surface area contributed by atoms with Crippen LogP contribution in [0.1, 0.15) is 0 Å². The number of nitrogens with zero attached hydrogens (tertiary/aromatic N) is 1. The Balaban J connectivity index is 0.000000292. The second-order valence-electron chi connectivity index (χ2n) is 2.55. The number of rotatable bonds is 2. The summed E-state index contributed by atoms with van der Waals surface area (Å²) in [6.07, 6.45) is 8.26. The minimum Gasteiger partial charge on any atom is -0.418 e. The van der Waals surface area contributed by atoms with Gasteiger partial charge in [-0.05, 0) is 12.3 Å². The summed E-state index contributed by atoms with van der Waals surface area (Å²) in [5.74, 6) is 0. The van der Waals surface area contributed by atoms with Crippen molar-refractivity contribution in [3.63, 3.8) is 0 Å². The van der Waals surface area contributed by atoms with Crippen molar-refractivity contribution in [1.29, 1.82) is 0 Å². The first-order valence-electron chi connectivity index (χ1n) is 4.08. The van der Waals surface area contributed by atoms with Crippen LogP contribution in [0.5, 0.6) is 0 Å². The lowest BCUT2D eigenvalue weighted by molar-refractivity contribution is 0.368. The van der Waals surface area contributed by atoms with E-state index in [2.05, 4.69) is 17.2 Å². The average Bonchev–Trinajstić information content (AvgIpc) is 2.03. The molecular weight excluding hydrogens is 199 g/mol. The van der Waals surface area contributed by atoms with Gasteiger partial charge in [0.1, 0.15) is 0 Å². The molecule has 0 spiro atoms. The van der Waals surface area contributed by atoms with Crippen LogP contribution in [0.4, 0.5) is 17.3 Å². The molecule has 7 heteroatoms. The Morgan fingerprint density at radius 3 is 2.14 bits per heavy atom. The molecule has 82 valence electrons. The molecule has 2 nitrogen and oxygen atoms in total. The van der Waals surface area contributed by atoms with Crippen LogP contribution in [0, 0.1) is 0 Å².